The Morgan fingerprint density at radius 3 is 2.39 bits per heavy atom. The van der Waals surface area contributed by atoms with Crippen LogP contribution in [0.1, 0.15) is 40.0 Å². The summed E-state index contributed by atoms with van der Waals surface area (Å²) in [6.45, 7) is 7.52. The molecule has 0 aromatic carbocycles. The second-order valence-electron chi connectivity index (χ2n) is 8.13. The van der Waals surface area contributed by atoms with Crippen molar-refractivity contribution in [3.8, 4) is 0 Å². The van der Waals surface area contributed by atoms with Crippen molar-refractivity contribution < 1.29 is 14.3 Å². The third-order valence-electron chi connectivity index (χ3n) is 5.38. The van der Waals surface area contributed by atoms with Crippen molar-refractivity contribution in [2.45, 2.75) is 51.7 Å². The number of piperazine rings is 1. The first-order chi connectivity index (χ1) is 10.8. The van der Waals surface area contributed by atoms with Crippen LogP contribution in [0.5, 0.6) is 0 Å². The fourth-order valence-electron chi connectivity index (χ4n) is 4.22. The summed E-state index contributed by atoms with van der Waals surface area (Å²) in [6.07, 6.45) is 3.36. The molecule has 23 heavy (non-hydrogen) atoms. The molecule has 2 aliphatic carbocycles. The molecule has 6 heteroatoms. The number of hydrogen-bond donors (Lipinski definition) is 1. The molecule has 3 atom stereocenters. The number of fused-ring (bicyclic) bond motifs is 1. The van der Waals surface area contributed by atoms with E-state index in [1.54, 1.807) is 4.90 Å². The van der Waals surface area contributed by atoms with Crippen molar-refractivity contribution in [3.05, 3.63) is 0 Å². The second-order valence-corrected chi connectivity index (χ2v) is 8.13. The highest BCUT2D eigenvalue weighted by atomic mass is 16.6. The first-order valence-corrected chi connectivity index (χ1v) is 8.80. The molecule has 0 radical (unpaired) electrons. The highest BCUT2D eigenvalue weighted by molar-refractivity contribution is 5.83. The molecular weight excluding hydrogens is 294 g/mol. The van der Waals surface area contributed by atoms with Gasteiger partial charge >= 0.3 is 6.09 Å². The lowest BCUT2D eigenvalue weighted by Gasteiger charge is -2.41. The van der Waals surface area contributed by atoms with Crippen LogP contribution in [-0.2, 0) is 9.53 Å². The van der Waals surface area contributed by atoms with E-state index in [1.165, 1.54) is 19.3 Å². The Labute approximate surface area is 138 Å². The van der Waals surface area contributed by atoms with E-state index in [9.17, 15) is 9.59 Å². The number of hydrogen-bond acceptors (Lipinski definition) is 4. The summed E-state index contributed by atoms with van der Waals surface area (Å²) in [4.78, 5) is 28.6. The molecule has 2 amide bonds. The van der Waals surface area contributed by atoms with Crippen LogP contribution in [0.3, 0.4) is 0 Å². The molecule has 0 aromatic rings. The minimum atomic E-state index is -0.506. The van der Waals surface area contributed by atoms with Crippen LogP contribution >= 0.6 is 0 Å². The van der Waals surface area contributed by atoms with Gasteiger partial charge < -0.3 is 20.3 Å². The lowest BCUT2D eigenvalue weighted by molar-refractivity contribution is -0.138. The van der Waals surface area contributed by atoms with Gasteiger partial charge in [0, 0.05) is 32.1 Å². The van der Waals surface area contributed by atoms with Gasteiger partial charge in [-0.15, -0.1) is 0 Å². The first-order valence-electron chi connectivity index (χ1n) is 8.80. The van der Waals surface area contributed by atoms with Gasteiger partial charge in [0.05, 0.1) is 6.04 Å². The van der Waals surface area contributed by atoms with Gasteiger partial charge in [-0.1, -0.05) is 6.42 Å². The van der Waals surface area contributed by atoms with E-state index in [0.717, 1.165) is 0 Å². The molecule has 0 spiro atoms. The van der Waals surface area contributed by atoms with Gasteiger partial charge in [-0.05, 0) is 45.4 Å². The van der Waals surface area contributed by atoms with Gasteiger partial charge in [0.1, 0.15) is 5.60 Å². The maximum Gasteiger partial charge on any atom is 0.410 e. The standard InChI is InChI=1S/C17H29N3O3/c1-17(2,3)23-16(22)19-7-8-20(11(9-18)10-19)15(21)14-12-5-4-6-13(12)14/h11-14H,4-10,18H2,1-3H3. The predicted octanol–water partition coefficient (Wildman–Crippen LogP) is 1.44. The Hall–Kier alpha value is -1.30. The maximum atomic E-state index is 12.8. The van der Waals surface area contributed by atoms with Crippen LogP contribution in [0.4, 0.5) is 4.79 Å². The number of ether oxygens (including phenoxy) is 1. The van der Waals surface area contributed by atoms with Crippen molar-refractivity contribution >= 4 is 12.0 Å². The van der Waals surface area contributed by atoms with E-state index in [0.29, 0.717) is 38.0 Å². The zero-order chi connectivity index (χ0) is 16.8. The summed E-state index contributed by atoms with van der Waals surface area (Å²) < 4.78 is 5.43. The summed E-state index contributed by atoms with van der Waals surface area (Å²) in [5.41, 5.74) is 5.38. The maximum absolute atomic E-state index is 12.8. The highest BCUT2D eigenvalue weighted by Gasteiger charge is 2.58. The molecule has 1 saturated heterocycles. The monoisotopic (exact) mass is 323 g/mol. The van der Waals surface area contributed by atoms with Gasteiger partial charge in [0.15, 0.2) is 0 Å². The molecule has 1 heterocycles. The third-order valence-corrected chi connectivity index (χ3v) is 5.38. The van der Waals surface area contributed by atoms with Crippen molar-refractivity contribution in [2.75, 3.05) is 26.2 Å². The topological polar surface area (TPSA) is 75.9 Å². The Morgan fingerprint density at radius 1 is 1.17 bits per heavy atom. The van der Waals surface area contributed by atoms with Gasteiger partial charge in [0.2, 0.25) is 5.91 Å². The summed E-state index contributed by atoms with van der Waals surface area (Å²) in [6, 6.07) is -0.0925. The van der Waals surface area contributed by atoms with Crippen molar-refractivity contribution in [3.63, 3.8) is 0 Å². The quantitative estimate of drug-likeness (QED) is 0.834. The van der Waals surface area contributed by atoms with E-state index < -0.39 is 5.60 Å². The van der Waals surface area contributed by atoms with E-state index in [2.05, 4.69) is 0 Å². The molecule has 3 unspecified atom stereocenters. The molecule has 1 aliphatic heterocycles. The van der Waals surface area contributed by atoms with Gasteiger partial charge in [-0.2, -0.15) is 0 Å². The Kier molecular flexibility index (Phi) is 4.29. The van der Waals surface area contributed by atoms with Crippen LogP contribution in [0.15, 0.2) is 0 Å². The van der Waals surface area contributed by atoms with Gasteiger partial charge in [-0.25, -0.2) is 4.79 Å². The molecule has 3 fully saturated rings. The Morgan fingerprint density at radius 2 is 1.83 bits per heavy atom. The number of nitrogens with two attached hydrogens (primary N) is 1. The summed E-state index contributed by atoms with van der Waals surface area (Å²) in [5.74, 6) is 1.72. The average molecular weight is 323 g/mol. The zero-order valence-corrected chi connectivity index (χ0v) is 14.5. The van der Waals surface area contributed by atoms with Crippen LogP contribution in [0.25, 0.3) is 0 Å². The van der Waals surface area contributed by atoms with Crippen LogP contribution in [0.2, 0.25) is 0 Å². The molecule has 6 nitrogen and oxygen atoms in total. The van der Waals surface area contributed by atoms with Crippen molar-refractivity contribution in [1.29, 1.82) is 0 Å². The molecule has 2 N–H and O–H groups in total. The fraction of sp³-hybridized carbons (Fsp3) is 0.882. The van der Waals surface area contributed by atoms with E-state index in [-0.39, 0.29) is 24.0 Å². The SMILES string of the molecule is CC(C)(C)OC(=O)N1CCN(C(=O)C2C3CCCC32)C(CN)C1. The largest absolute Gasteiger partial charge is 0.444 e. The number of rotatable bonds is 2. The smallest absolute Gasteiger partial charge is 0.410 e. The molecule has 0 aromatic heterocycles. The van der Waals surface area contributed by atoms with Crippen LogP contribution in [0, 0.1) is 17.8 Å². The number of carbonyl (C=O) groups excluding carboxylic acids is 2. The Bertz CT molecular complexity index is 478. The molecule has 2 saturated carbocycles. The summed E-state index contributed by atoms with van der Waals surface area (Å²) in [5, 5.41) is 0. The average Bonchev–Trinajstić information content (AvgIpc) is 2.96. The molecule has 3 rings (SSSR count). The lowest BCUT2D eigenvalue weighted by Crippen LogP contribution is -2.59. The van der Waals surface area contributed by atoms with Crippen molar-refractivity contribution in [1.82, 2.24) is 9.80 Å². The van der Waals surface area contributed by atoms with Gasteiger partial charge in [0.25, 0.3) is 0 Å². The third kappa shape index (κ3) is 3.32. The summed E-state index contributed by atoms with van der Waals surface area (Å²) in [7, 11) is 0. The van der Waals surface area contributed by atoms with Gasteiger partial charge in [-0.3, -0.25) is 4.79 Å². The highest BCUT2D eigenvalue weighted by Crippen LogP contribution is 2.58. The zero-order valence-electron chi connectivity index (χ0n) is 14.5. The Balaban J connectivity index is 1.59. The number of carbonyl (C=O) groups is 2. The second kappa shape index (κ2) is 5.96. The molecule has 3 aliphatic rings. The predicted molar refractivity (Wildman–Crippen MR) is 86.7 cm³/mol. The molecular formula is C17H29N3O3. The van der Waals surface area contributed by atoms with E-state index >= 15 is 0 Å². The first kappa shape index (κ1) is 16.6. The van der Waals surface area contributed by atoms with E-state index in [4.69, 9.17) is 10.5 Å². The van der Waals surface area contributed by atoms with E-state index in [1.807, 2.05) is 25.7 Å². The van der Waals surface area contributed by atoms with Crippen LogP contribution in [-0.4, -0.2) is 59.6 Å². The van der Waals surface area contributed by atoms with Crippen LogP contribution < -0.4 is 5.73 Å². The van der Waals surface area contributed by atoms with Crippen molar-refractivity contribution in [2.24, 2.45) is 23.5 Å². The normalized spacial score (nSPS) is 33.4. The molecule has 0 bridgehead atoms. The number of nitrogens with zero attached hydrogens (tertiary/aromatic N) is 2. The summed E-state index contributed by atoms with van der Waals surface area (Å²) >= 11 is 0. The minimum absolute atomic E-state index is 0.0925. The number of amides is 2. The fourth-order valence-corrected chi connectivity index (χ4v) is 4.22. The molecule has 130 valence electrons. The lowest BCUT2D eigenvalue weighted by atomic mass is 10.1. The minimum Gasteiger partial charge on any atom is -0.444 e.